The predicted molar refractivity (Wildman–Crippen MR) is 92.6 cm³/mol. The number of para-hydroxylation sites is 2. The summed E-state index contributed by atoms with van der Waals surface area (Å²) in [6.45, 7) is 2.33. The summed E-state index contributed by atoms with van der Waals surface area (Å²) in [6.07, 6.45) is -0.553. The molecule has 1 saturated heterocycles. The highest BCUT2D eigenvalue weighted by molar-refractivity contribution is 5.80. The summed E-state index contributed by atoms with van der Waals surface area (Å²) in [5.41, 5.74) is 7.33. The third-order valence-corrected chi connectivity index (χ3v) is 4.52. The Bertz CT molecular complexity index is 914. The first-order valence-electron chi connectivity index (χ1n) is 8.25. The maximum Gasteiger partial charge on any atom is 0.247 e. The Morgan fingerprint density at radius 3 is 2.96 bits per heavy atom. The molecule has 0 radical (unpaired) electrons. The van der Waals surface area contributed by atoms with E-state index in [4.69, 9.17) is 14.9 Å². The lowest BCUT2D eigenvalue weighted by Crippen LogP contribution is -2.47. The minimum atomic E-state index is -0.553. The number of aryl methyl sites for hydroxylation is 1. The van der Waals surface area contributed by atoms with E-state index in [9.17, 15) is 4.79 Å². The number of hydrogen-bond acceptors (Lipinski definition) is 5. The van der Waals surface area contributed by atoms with Crippen LogP contribution in [0.4, 0.5) is 0 Å². The molecule has 1 atom stereocenters. The number of fused-ring (bicyclic) bond motifs is 1. The molecule has 1 fully saturated rings. The van der Waals surface area contributed by atoms with Crippen molar-refractivity contribution in [1.29, 1.82) is 0 Å². The fourth-order valence-corrected chi connectivity index (χ4v) is 3.19. The van der Waals surface area contributed by atoms with Gasteiger partial charge in [-0.3, -0.25) is 9.69 Å². The van der Waals surface area contributed by atoms with Crippen molar-refractivity contribution < 1.29 is 13.9 Å². The SMILES string of the molecule is Cn1c(-c2ccc(CN3CCOC(C(N)=O)C3)o2)nc2ccccc21. The Kier molecular flexibility index (Phi) is 4.03. The fourth-order valence-electron chi connectivity index (χ4n) is 3.19. The molecule has 2 N–H and O–H groups in total. The molecular weight excluding hydrogens is 320 g/mol. The monoisotopic (exact) mass is 340 g/mol. The fraction of sp³-hybridized carbons (Fsp3) is 0.333. The summed E-state index contributed by atoms with van der Waals surface area (Å²) in [6, 6.07) is 11.9. The lowest BCUT2D eigenvalue weighted by Gasteiger charge is -2.30. The molecule has 2 aromatic heterocycles. The zero-order valence-corrected chi connectivity index (χ0v) is 14.0. The van der Waals surface area contributed by atoms with Crippen molar-refractivity contribution >= 4 is 16.9 Å². The van der Waals surface area contributed by atoms with Crippen LogP contribution in [0.2, 0.25) is 0 Å². The van der Waals surface area contributed by atoms with Gasteiger partial charge in [-0.25, -0.2) is 4.98 Å². The van der Waals surface area contributed by atoms with Crippen LogP contribution < -0.4 is 5.73 Å². The zero-order chi connectivity index (χ0) is 17.4. The van der Waals surface area contributed by atoms with Gasteiger partial charge in [0.1, 0.15) is 11.9 Å². The molecule has 1 aromatic carbocycles. The van der Waals surface area contributed by atoms with E-state index in [0.29, 0.717) is 19.7 Å². The van der Waals surface area contributed by atoms with Gasteiger partial charge in [-0.05, 0) is 24.3 Å². The van der Waals surface area contributed by atoms with Crippen molar-refractivity contribution in [1.82, 2.24) is 14.5 Å². The minimum Gasteiger partial charge on any atom is -0.456 e. The molecule has 0 spiro atoms. The van der Waals surface area contributed by atoms with Crippen molar-refractivity contribution in [2.75, 3.05) is 19.7 Å². The molecule has 0 bridgehead atoms. The van der Waals surface area contributed by atoms with Gasteiger partial charge in [0, 0.05) is 20.1 Å². The van der Waals surface area contributed by atoms with Crippen LogP contribution in [0.15, 0.2) is 40.8 Å². The van der Waals surface area contributed by atoms with E-state index in [-0.39, 0.29) is 0 Å². The van der Waals surface area contributed by atoms with E-state index >= 15 is 0 Å². The van der Waals surface area contributed by atoms with Crippen LogP contribution in [0.1, 0.15) is 5.76 Å². The highest BCUT2D eigenvalue weighted by Crippen LogP contribution is 2.26. The molecule has 25 heavy (non-hydrogen) atoms. The first kappa shape index (κ1) is 15.9. The van der Waals surface area contributed by atoms with Crippen molar-refractivity contribution in [2.24, 2.45) is 12.8 Å². The van der Waals surface area contributed by atoms with Gasteiger partial charge in [-0.2, -0.15) is 0 Å². The third kappa shape index (κ3) is 3.04. The second kappa shape index (κ2) is 6.34. The molecule has 4 rings (SSSR count). The molecule has 0 saturated carbocycles. The lowest BCUT2D eigenvalue weighted by molar-refractivity contribution is -0.135. The van der Waals surface area contributed by atoms with Crippen LogP contribution in [0.3, 0.4) is 0 Å². The topological polar surface area (TPSA) is 86.5 Å². The van der Waals surface area contributed by atoms with Gasteiger partial charge in [0.15, 0.2) is 11.6 Å². The van der Waals surface area contributed by atoms with E-state index in [1.54, 1.807) is 0 Å². The van der Waals surface area contributed by atoms with E-state index in [2.05, 4.69) is 9.88 Å². The van der Waals surface area contributed by atoms with Gasteiger partial charge in [0.05, 0.1) is 24.2 Å². The zero-order valence-electron chi connectivity index (χ0n) is 14.0. The Hall–Kier alpha value is -2.64. The van der Waals surface area contributed by atoms with E-state index in [1.807, 2.05) is 48.0 Å². The van der Waals surface area contributed by atoms with Crippen LogP contribution in [-0.4, -0.2) is 46.2 Å². The van der Waals surface area contributed by atoms with Crippen LogP contribution >= 0.6 is 0 Å². The summed E-state index contributed by atoms with van der Waals surface area (Å²) in [5.74, 6) is 1.93. The van der Waals surface area contributed by atoms with Crippen molar-refractivity contribution in [3.05, 3.63) is 42.2 Å². The molecule has 0 aliphatic carbocycles. The number of primary amides is 1. The number of ether oxygens (including phenoxy) is 1. The maximum atomic E-state index is 11.3. The number of nitrogens with zero attached hydrogens (tertiary/aromatic N) is 3. The number of hydrogen-bond donors (Lipinski definition) is 1. The molecule has 7 nitrogen and oxygen atoms in total. The first-order chi connectivity index (χ1) is 12.1. The van der Waals surface area contributed by atoms with Crippen LogP contribution in [0.5, 0.6) is 0 Å². The summed E-state index contributed by atoms with van der Waals surface area (Å²) < 4.78 is 13.4. The molecule has 3 aromatic rings. The number of amides is 1. The highest BCUT2D eigenvalue weighted by Gasteiger charge is 2.25. The summed E-state index contributed by atoms with van der Waals surface area (Å²) >= 11 is 0. The van der Waals surface area contributed by atoms with Gasteiger partial charge in [0.25, 0.3) is 0 Å². The molecule has 1 amide bonds. The largest absolute Gasteiger partial charge is 0.456 e. The second-order valence-electron chi connectivity index (χ2n) is 6.25. The van der Waals surface area contributed by atoms with Crippen LogP contribution in [0.25, 0.3) is 22.6 Å². The van der Waals surface area contributed by atoms with Gasteiger partial charge in [0.2, 0.25) is 5.91 Å². The summed E-state index contributed by atoms with van der Waals surface area (Å²) in [4.78, 5) is 18.1. The molecule has 1 unspecified atom stereocenters. The molecular formula is C18H20N4O3. The molecule has 130 valence electrons. The number of morpholine rings is 1. The number of carbonyl (C=O) groups is 1. The Labute approximate surface area is 145 Å². The van der Waals surface area contributed by atoms with Gasteiger partial charge >= 0.3 is 0 Å². The second-order valence-corrected chi connectivity index (χ2v) is 6.25. The van der Waals surface area contributed by atoms with Crippen molar-refractivity contribution in [3.8, 4) is 11.6 Å². The number of nitrogens with two attached hydrogens (primary N) is 1. The first-order valence-corrected chi connectivity index (χ1v) is 8.25. The normalized spacial score (nSPS) is 18.7. The van der Waals surface area contributed by atoms with Gasteiger partial charge < -0.3 is 19.5 Å². The third-order valence-electron chi connectivity index (χ3n) is 4.52. The van der Waals surface area contributed by atoms with E-state index in [0.717, 1.165) is 34.9 Å². The minimum absolute atomic E-state index is 0.426. The number of rotatable bonds is 4. The number of imidazole rings is 1. The Balaban J connectivity index is 1.54. The van der Waals surface area contributed by atoms with Crippen molar-refractivity contribution in [2.45, 2.75) is 12.6 Å². The number of furan rings is 1. The quantitative estimate of drug-likeness (QED) is 0.778. The summed E-state index contributed by atoms with van der Waals surface area (Å²) in [5, 5.41) is 0. The standard InChI is InChI=1S/C18H20N4O3/c1-21-14-5-3-2-4-13(14)20-18(21)15-7-6-12(25-15)10-22-8-9-24-16(11-22)17(19)23/h2-7,16H,8-11H2,1H3,(H2,19,23). The van der Waals surface area contributed by atoms with Crippen LogP contribution in [0, 0.1) is 0 Å². The molecule has 7 heteroatoms. The average Bonchev–Trinajstić information content (AvgIpc) is 3.20. The number of carbonyl (C=O) groups excluding carboxylic acids is 1. The highest BCUT2D eigenvalue weighted by atomic mass is 16.5. The molecule has 3 heterocycles. The summed E-state index contributed by atoms with van der Waals surface area (Å²) in [7, 11) is 1.98. The van der Waals surface area contributed by atoms with Gasteiger partial charge in [-0.15, -0.1) is 0 Å². The maximum absolute atomic E-state index is 11.3. The van der Waals surface area contributed by atoms with Crippen LogP contribution in [-0.2, 0) is 23.1 Å². The Morgan fingerprint density at radius 2 is 2.16 bits per heavy atom. The molecule has 1 aliphatic heterocycles. The van der Waals surface area contributed by atoms with E-state index in [1.165, 1.54) is 0 Å². The smallest absolute Gasteiger partial charge is 0.247 e. The van der Waals surface area contributed by atoms with Crippen molar-refractivity contribution in [3.63, 3.8) is 0 Å². The average molecular weight is 340 g/mol. The Morgan fingerprint density at radius 1 is 1.32 bits per heavy atom. The predicted octanol–water partition coefficient (Wildman–Crippen LogP) is 1.52. The molecule has 1 aliphatic rings. The number of aromatic nitrogens is 2. The van der Waals surface area contributed by atoms with Gasteiger partial charge in [-0.1, -0.05) is 12.1 Å². The lowest BCUT2D eigenvalue weighted by atomic mass is 10.2. The number of benzene rings is 1. The van der Waals surface area contributed by atoms with E-state index < -0.39 is 12.0 Å².